The molecule has 0 radical (unpaired) electrons. The van der Waals surface area contributed by atoms with Crippen LogP contribution in [0.4, 0.5) is 8.78 Å². The molecule has 2 heterocycles. The van der Waals surface area contributed by atoms with Crippen LogP contribution in [-0.4, -0.2) is 64.7 Å². The second-order valence-electron chi connectivity index (χ2n) is 9.42. The van der Waals surface area contributed by atoms with Gasteiger partial charge in [0.2, 0.25) is 11.7 Å². The van der Waals surface area contributed by atoms with Crippen molar-refractivity contribution in [1.82, 2.24) is 20.2 Å². The zero-order valence-electron chi connectivity index (χ0n) is 21.5. The number of hydrogen-bond donors (Lipinski definition) is 3. The van der Waals surface area contributed by atoms with Crippen LogP contribution in [-0.2, 0) is 22.5 Å². The lowest BCUT2D eigenvalue weighted by Gasteiger charge is -2.31. The molecule has 4 rings (SSSR count). The van der Waals surface area contributed by atoms with Gasteiger partial charge in [-0.15, -0.1) is 0 Å². The number of amides is 1. The van der Waals surface area contributed by atoms with E-state index in [1.165, 1.54) is 5.56 Å². The predicted octanol–water partition coefficient (Wildman–Crippen LogP) is 2.80. The standard InChI is InChI=1S/C29H30F2N4O4/c1-19-16-35(12-13-39-19)17-23-10-6-21(7-11-23)3-2-20-4-8-22(9-5-20)14-24(28(37)32-15-25(30)31)26-27(36)29(38)34-18-33-26/h4-11,18-19,24-25,36H,12-17H2,1H3,(H,32,37)(H,33,34,38). The molecule has 1 fully saturated rings. The fourth-order valence-electron chi connectivity index (χ4n) is 4.37. The van der Waals surface area contributed by atoms with Crippen molar-refractivity contribution >= 4 is 5.91 Å². The zero-order chi connectivity index (χ0) is 27.8. The molecule has 0 spiro atoms. The molecule has 2 unspecified atom stereocenters. The molecule has 39 heavy (non-hydrogen) atoms. The Labute approximate surface area is 225 Å². The van der Waals surface area contributed by atoms with Crippen molar-refractivity contribution in [3.63, 3.8) is 0 Å². The van der Waals surface area contributed by atoms with Crippen molar-refractivity contribution in [2.24, 2.45) is 0 Å². The number of nitrogens with zero attached hydrogens (tertiary/aromatic N) is 2. The van der Waals surface area contributed by atoms with Crippen LogP contribution in [0.1, 0.15) is 40.8 Å². The molecule has 3 aromatic rings. The van der Waals surface area contributed by atoms with Crippen molar-refractivity contribution in [2.75, 3.05) is 26.2 Å². The Morgan fingerprint density at radius 3 is 2.41 bits per heavy atom. The Morgan fingerprint density at radius 1 is 1.15 bits per heavy atom. The van der Waals surface area contributed by atoms with Gasteiger partial charge < -0.3 is 20.1 Å². The summed E-state index contributed by atoms with van der Waals surface area (Å²) in [5, 5.41) is 12.3. The van der Waals surface area contributed by atoms with Crippen molar-refractivity contribution in [1.29, 1.82) is 0 Å². The molecule has 0 saturated carbocycles. The third kappa shape index (κ3) is 7.96. The summed E-state index contributed by atoms with van der Waals surface area (Å²) in [4.78, 5) is 33.0. The van der Waals surface area contributed by atoms with Crippen molar-refractivity contribution in [3.05, 3.63) is 93.2 Å². The van der Waals surface area contributed by atoms with Crippen LogP contribution in [0.15, 0.2) is 59.7 Å². The molecule has 0 bridgehead atoms. The Bertz CT molecular complexity index is 1380. The summed E-state index contributed by atoms with van der Waals surface area (Å²) in [5.41, 5.74) is 2.53. The van der Waals surface area contributed by atoms with E-state index in [0.717, 1.165) is 43.7 Å². The second kappa shape index (κ2) is 13.1. The maximum absolute atomic E-state index is 12.7. The summed E-state index contributed by atoms with van der Waals surface area (Å²) in [6.07, 6.45) is -1.40. The van der Waals surface area contributed by atoms with Gasteiger partial charge in [-0.25, -0.2) is 13.8 Å². The van der Waals surface area contributed by atoms with Gasteiger partial charge in [0, 0.05) is 30.8 Å². The van der Waals surface area contributed by atoms with Gasteiger partial charge in [-0.05, 0) is 48.7 Å². The van der Waals surface area contributed by atoms with E-state index in [1.807, 2.05) is 12.1 Å². The van der Waals surface area contributed by atoms with Crippen LogP contribution in [0.2, 0.25) is 0 Å². The monoisotopic (exact) mass is 536 g/mol. The van der Waals surface area contributed by atoms with Gasteiger partial charge in [-0.3, -0.25) is 14.5 Å². The first-order valence-electron chi connectivity index (χ1n) is 12.6. The number of halogens is 2. The molecule has 0 aliphatic carbocycles. The molecule has 10 heteroatoms. The van der Waals surface area contributed by atoms with E-state index >= 15 is 0 Å². The molecule has 2 atom stereocenters. The number of alkyl halides is 2. The van der Waals surface area contributed by atoms with E-state index in [1.54, 1.807) is 24.3 Å². The van der Waals surface area contributed by atoms with Gasteiger partial charge in [-0.2, -0.15) is 0 Å². The minimum absolute atomic E-state index is 0.0379. The number of morpholine rings is 1. The highest BCUT2D eigenvalue weighted by Crippen LogP contribution is 2.24. The van der Waals surface area contributed by atoms with Crippen LogP contribution in [0, 0.1) is 11.8 Å². The number of rotatable bonds is 8. The number of aromatic nitrogens is 2. The van der Waals surface area contributed by atoms with Crippen molar-refractivity contribution < 1.29 is 23.4 Å². The molecule has 1 amide bonds. The largest absolute Gasteiger partial charge is 0.502 e. The summed E-state index contributed by atoms with van der Waals surface area (Å²) >= 11 is 0. The quantitative estimate of drug-likeness (QED) is 0.383. The molecule has 204 valence electrons. The fraction of sp³-hybridized carbons (Fsp3) is 0.345. The van der Waals surface area contributed by atoms with E-state index in [4.69, 9.17) is 4.74 Å². The molecule has 2 aromatic carbocycles. The Hall–Kier alpha value is -4.07. The van der Waals surface area contributed by atoms with Gasteiger partial charge >= 0.3 is 0 Å². The lowest BCUT2D eigenvalue weighted by Crippen LogP contribution is -2.40. The smallest absolute Gasteiger partial charge is 0.293 e. The summed E-state index contributed by atoms with van der Waals surface area (Å²) < 4.78 is 30.9. The van der Waals surface area contributed by atoms with Gasteiger partial charge in [-0.1, -0.05) is 36.1 Å². The second-order valence-corrected chi connectivity index (χ2v) is 9.42. The predicted molar refractivity (Wildman–Crippen MR) is 142 cm³/mol. The van der Waals surface area contributed by atoms with Crippen molar-refractivity contribution in [2.45, 2.75) is 38.3 Å². The first kappa shape index (κ1) is 28.0. The maximum atomic E-state index is 12.7. The van der Waals surface area contributed by atoms with Crippen LogP contribution in [0.25, 0.3) is 0 Å². The van der Waals surface area contributed by atoms with Gasteiger partial charge in [0.05, 0.1) is 31.5 Å². The normalized spacial score (nSPS) is 16.4. The summed E-state index contributed by atoms with van der Waals surface area (Å²) in [7, 11) is 0. The number of hydrogen-bond acceptors (Lipinski definition) is 6. The highest BCUT2D eigenvalue weighted by atomic mass is 19.3. The minimum Gasteiger partial charge on any atom is -0.502 e. The van der Waals surface area contributed by atoms with Crippen LogP contribution in [0.3, 0.4) is 0 Å². The fourth-order valence-corrected chi connectivity index (χ4v) is 4.37. The summed E-state index contributed by atoms with van der Waals surface area (Å²) in [6.45, 7) is 4.69. The maximum Gasteiger partial charge on any atom is 0.293 e. The third-order valence-electron chi connectivity index (χ3n) is 6.36. The molecule has 1 aliphatic rings. The van der Waals surface area contributed by atoms with Gasteiger partial charge in [0.25, 0.3) is 12.0 Å². The SMILES string of the molecule is CC1CN(Cc2ccc(C#Cc3ccc(CC(C(=O)NCC(F)F)c4nc[nH]c(=O)c4O)cc3)cc2)CCO1. The molecule has 1 aromatic heterocycles. The van der Waals surface area contributed by atoms with E-state index in [9.17, 15) is 23.5 Å². The number of H-pyrrole nitrogens is 1. The first-order chi connectivity index (χ1) is 18.8. The Morgan fingerprint density at radius 2 is 1.79 bits per heavy atom. The van der Waals surface area contributed by atoms with E-state index in [-0.39, 0.29) is 18.2 Å². The number of aromatic hydroxyl groups is 1. The Kier molecular flexibility index (Phi) is 9.41. The molecule has 1 aliphatic heterocycles. The number of carbonyl (C=O) groups excluding carboxylic acids is 1. The molecule has 1 saturated heterocycles. The summed E-state index contributed by atoms with van der Waals surface area (Å²) in [5.74, 6) is 3.64. The van der Waals surface area contributed by atoms with Crippen LogP contribution in [0.5, 0.6) is 5.75 Å². The number of carbonyl (C=O) groups is 1. The summed E-state index contributed by atoms with van der Waals surface area (Å²) in [6, 6.07) is 15.2. The average Bonchev–Trinajstić information content (AvgIpc) is 2.92. The van der Waals surface area contributed by atoms with E-state index in [2.05, 4.69) is 51.1 Å². The molecular weight excluding hydrogens is 506 g/mol. The van der Waals surface area contributed by atoms with Gasteiger partial charge in [0.1, 0.15) is 5.69 Å². The number of ether oxygens (including phenoxy) is 1. The topological polar surface area (TPSA) is 108 Å². The zero-order valence-corrected chi connectivity index (χ0v) is 21.5. The van der Waals surface area contributed by atoms with E-state index < -0.39 is 36.1 Å². The molecule has 3 N–H and O–H groups in total. The number of aromatic amines is 1. The number of benzene rings is 2. The molecular formula is C29H30F2N4O4. The highest BCUT2D eigenvalue weighted by molar-refractivity contribution is 5.84. The lowest BCUT2D eigenvalue weighted by molar-refractivity contribution is -0.123. The third-order valence-corrected chi connectivity index (χ3v) is 6.36. The van der Waals surface area contributed by atoms with E-state index in [0.29, 0.717) is 5.56 Å². The average molecular weight is 537 g/mol. The van der Waals surface area contributed by atoms with Crippen LogP contribution < -0.4 is 10.9 Å². The van der Waals surface area contributed by atoms with Crippen LogP contribution >= 0.6 is 0 Å². The lowest BCUT2D eigenvalue weighted by atomic mass is 9.94. The minimum atomic E-state index is -2.74. The van der Waals surface area contributed by atoms with Gasteiger partial charge in [0.15, 0.2) is 0 Å². The highest BCUT2D eigenvalue weighted by Gasteiger charge is 2.27. The van der Waals surface area contributed by atoms with Crippen molar-refractivity contribution in [3.8, 4) is 17.6 Å². The Balaban J connectivity index is 1.42. The number of nitrogens with one attached hydrogen (secondary N) is 2. The first-order valence-corrected chi connectivity index (χ1v) is 12.6. The molecule has 8 nitrogen and oxygen atoms in total.